The Kier molecular flexibility index (Phi) is 6.15. The van der Waals surface area contributed by atoms with Crippen LogP contribution in [0.3, 0.4) is 0 Å². The van der Waals surface area contributed by atoms with Crippen molar-refractivity contribution in [1.29, 1.82) is 0 Å². The molecule has 0 saturated carbocycles. The molecule has 106 valence electrons. The third kappa shape index (κ3) is 5.18. The molecule has 0 spiro atoms. The average molecular weight is 267 g/mol. The maximum Gasteiger partial charge on any atom is 0.304 e. The zero-order valence-electron chi connectivity index (χ0n) is 11.7. The van der Waals surface area contributed by atoms with Gasteiger partial charge in [-0.1, -0.05) is 6.92 Å². The van der Waals surface area contributed by atoms with Crippen molar-refractivity contribution in [2.75, 3.05) is 27.3 Å². The Labute approximate surface area is 113 Å². The van der Waals surface area contributed by atoms with Crippen LogP contribution in [0.2, 0.25) is 0 Å². The van der Waals surface area contributed by atoms with Crippen LogP contribution in [0.15, 0.2) is 18.2 Å². The molecule has 5 nitrogen and oxygen atoms in total. The SMILES string of the molecule is CCN(CCC(=O)O)Cc1cc(OC)cc(OC)c1. The molecule has 1 N–H and O–H groups in total. The van der Waals surface area contributed by atoms with Gasteiger partial charge >= 0.3 is 5.97 Å². The molecule has 5 heteroatoms. The number of carboxylic acid groups (broad SMARTS) is 1. The highest BCUT2D eigenvalue weighted by Gasteiger charge is 2.08. The maximum absolute atomic E-state index is 10.6. The van der Waals surface area contributed by atoms with Crippen molar-refractivity contribution >= 4 is 5.97 Å². The second kappa shape index (κ2) is 7.63. The highest BCUT2D eigenvalue weighted by atomic mass is 16.5. The number of ether oxygens (including phenoxy) is 2. The van der Waals surface area contributed by atoms with Gasteiger partial charge in [-0.05, 0) is 24.2 Å². The molecule has 0 bridgehead atoms. The van der Waals surface area contributed by atoms with Gasteiger partial charge in [0.25, 0.3) is 0 Å². The van der Waals surface area contributed by atoms with E-state index < -0.39 is 5.97 Å². The quantitative estimate of drug-likeness (QED) is 0.780. The number of carboxylic acids is 1. The lowest BCUT2D eigenvalue weighted by atomic mass is 10.2. The number of benzene rings is 1. The minimum atomic E-state index is -0.776. The molecule has 0 saturated heterocycles. The van der Waals surface area contributed by atoms with Crippen LogP contribution >= 0.6 is 0 Å². The predicted octanol–water partition coefficient (Wildman–Crippen LogP) is 2.00. The molecule has 0 fully saturated rings. The Morgan fingerprint density at radius 2 is 1.79 bits per heavy atom. The molecule has 0 aliphatic heterocycles. The first-order valence-corrected chi connectivity index (χ1v) is 6.25. The maximum atomic E-state index is 10.6. The summed E-state index contributed by atoms with van der Waals surface area (Å²) >= 11 is 0. The summed E-state index contributed by atoms with van der Waals surface area (Å²) in [6, 6.07) is 5.69. The van der Waals surface area contributed by atoms with Gasteiger partial charge in [-0.15, -0.1) is 0 Å². The number of carbonyl (C=O) groups is 1. The van der Waals surface area contributed by atoms with Gasteiger partial charge in [-0.2, -0.15) is 0 Å². The third-order valence-electron chi connectivity index (χ3n) is 2.91. The Balaban J connectivity index is 2.75. The van der Waals surface area contributed by atoms with Crippen LogP contribution in [0.1, 0.15) is 18.9 Å². The predicted molar refractivity (Wildman–Crippen MR) is 72.7 cm³/mol. The number of aliphatic carboxylic acids is 1. The summed E-state index contributed by atoms with van der Waals surface area (Å²) in [4.78, 5) is 12.7. The van der Waals surface area contributed by atoms with E-state index in [1.54, 1.807) is 14.2 Å². The van der Waals surface area contributed by atoms with Gasteiger partial charge in [0, 0.05) is 19.2 Å². The van der Waals surface area contributed by atoms with Crippen LogP contribution < -0.4 is 9.47 Å². The van der Waals surface area contributed by atoms with Crippen LogP contribution in [0.5, 0.6) is 11.5 Å². The van der Waals surface area contributed by atoms with Crippen LogP contribution in [0, 0.1) is 0 Å². The Hall–Kier alpha value is -1.75. The second-order valence-electron chi connectivity index (χ2n) is 4.23. The number of nitrogens with zero attached hydrogens (tertiary/aromatic N) is 1. The van der Waals surface area contributed by atoms with Crippen LogP contribution in [-0.4, -0.2) is 43.3 Å². The molecule has 0 amide bonds. The van der Waals surface area contributed by atoms with E-state index in [1.807, 2.05) is 25.1 Å². The van der Waals surface area contributed by atoms with Crippen molar-refractivity contribution in [3.05, 3.63) is 23.8 Å². The minimum Gasteiger partial charge on any atom is -0.497 e. The summed E-state index contributed by atoms with van der Waals surface area (Å²) in [7, 11) is 3.22. The molecule has 0 aromatic heterocycles. The van der Waals surface area contributed by atoms with E-state index in [1.165, 1.54) is 0 Å². The zero-order valence-corrected chi connectivity index (χ0v) is 11.7. The fourth-order valence-electron chi connectivity index (χ4n) is 1.82. The van der Waals surface area contributed by atoms with Crippen LogP contribution in [-0.2, 0) is 11.3 Å². The monoisotopic (exact) mass is 267 g/mol. The van der Waals surface area contributed by atoms with E-state index in [-0.39, 0.29) is 6.42 Å². The molecule has 1 rings (SSSR count). The van der Waals surface area contributed by atoms with Gasteiger partial charge < -0.3 is 14.6 Å². The Bertz CT molecular complexity index is 398. The van der Waals surface area contributed by atoms with E-state index in [0.717, 1.165) is 23.6 Å². The number of hydrogen-bond acceptors (Lipinski definition) is 4. The highest BCUT2D eigenvalue weighted by molar-refractivity contribution is 5.66. The molecule has 0 unspecified atom stereocenters. The molecular formula is C14H21NO4. The summed E-state index contributed by atoms with van der Waals surface area (Å²) < 4.78 is 10.4. The van der Waals surface area contributed by atoms with E-state index in [2.05, 4.69) is 4.90 Å². The van der Waals surface area contributed by atoms with Crippen molar-refractivity contribution in [2.24, 2.45) is 0 Å². The molecule has 1 aromatic rings. The van der Waals surface area contributed by atoms with Gasteiger partial charge in [0.05, 0.1) is 20.6 Å². The fourth-order valence-corrected chi connectivity index (χ4v) is 1.82. The lowest BCUT2D eigenvalue weighted by molar-refractivity contribution is -0.137. The van der Waals surface area contributed by atoms with Gasteiger partial charge in [0.1, 0.15) is 11.5 Å². The van der Waals surface area contributed by atoms with E-state index in [0.29, 0.717) is 13.1 Å². The van der Waals surface area contributed by atoms with Gasteiger partial charge in [0.15, 0.2) is 0 Å². The van der Waals surface area contributed by atoms with Gasteiger partial charge in [0.2, 0.25) is 0 Å². The standard InChI is InChI=1S/C14H21NO4/c1-4-15(6-5-14(16)17)10-11-7-12(18-2)9-13(8-11)19-3/h7-9H,4-6,10H2,1-3H3,(H,16,17). The van der Waals surface area contributed by atoms with Crippen molar-refractivity contribution in [3.63, 3.8) is 0 Å². The van der Waals surface area contributed by atoms with Crippen molar-refractivity contribution < 1.29 is 19.4 Å². The Morgan fingerprint density at radius 3 is 2.21 bits per heavy atom. The van der Waals surface area contributed by atoms with E-state index >= 15 is 0 Å². The van der Waals surface area contributed by atoms with Crippen molar-refractivity contribution in [2.45, 2.75) is 19.9 Å². The number of methoxy groups -OCH3 is 2. The lowest BCUT2D eigenvalue weighted by Gasteiger charge is -2.20. The molecule has 1 aromatic carbocycles. The molecule has 0 radical (unpaired) electrons. The molecule has 0 atom stereocenters. The first-order chi connectivity index (χ1) is 9.08. The zero-order chi connectivity index (χ0) is 14.3. The van der Waals surface area contributed by atoms with Crippen molar-refractivity contribution in [3.8, 4) is 11.5 Å². The second-order valence-corrected chi connectivity index (χ2v) is 4.23. The topological polar surface area (TPSA) is 59.0 Å². The average Bonchev–Trinajstić information content (AvgIpc) is 2.42. The van der Waals surface area contributed by atoms with Gasteiger partial charge in [-0.3, -0.25) is 9.69 Å². The van der Waals surface area contributed by atoms with Crippen molar-refractivity contribution in [1.82, 2.24) is 4.90 Å². The molecule has 0 heterocycles. The largest absolute Gasteiger partial charge is 0.497 e. The van der Waals surface area contributed by atoms with E-state index in [4.69, 9.17) is 14.6 Å². The minimum absolute atomic E-state index is 0.148. The number of hydrogen-bond donors (Lipinski definition) is 1. The third-order valence-corrected chi connectivity index (χ3v) is 2.91. The first kappa shape index (κ1) is 15.3. The Morgan fingerprint density at radius 1 is 1.21 bits per heavy atom. The normalized spacial score (nSPS) is 10.5. The molecule has 0 aliphatic rings. The summed E-state index contributed by atoms with van der Waals surface area (Å²) in [5.41, 5.74) is 1.04. The summed E-state index contributed by atoms with van der Waals surface area (Å²) in [5.74, 6) is 0.703. The summed E-state index contributed by atoms with van der Waals surface area (Å²) in [6.07, 6.45) is 0.148. The lowest BCUT2D eigenvalue weighted by Crippen LogP contribution is -2.25. The molecular weight excluding hydrogens is 246 g/mol. The van der Waals surface area contributed by atoms with E-state index in [9.17, 15) is 4.79 Å². The molecule has 19 heavy (non-hydrogen) atoms. The first-order valence-electron chi connectivity index (χ1n) is 6.25. The van der Waals surface area contributed by atoms with Gasteiger partial charge in [-0.25, -0.2) is 0 Å². The van der Waals surface area contributed by atoms with Crippen LogP contribution in [0.4, 0.5) is 0 Å². The summed E-state index contributed by atoms with van der Waals surface area (Å²) in [5, 5.41) is 8.72. The summed E-state index contributed by atoms with van der Waals surface area (Å²) in [6.45, 7) is 4.02. The fraction of sp³-hybridized carbons (Fsp3) is 0.500. The van der Waals surface area contributed by atoms with Crippen LogP contribution in [0.25, 0.3) is 0 Å². The smallest absolute Gasteiger partial charge is 0.304 e. The molecule has 0 aliphatic carbocycles. The number of rotatable bonds is 8. The highest BCUT2D eigenvalue weighted by Crippen LogP contribution is 2.23.